The van der Waals surface area contributed by atoms with Crippen molar-refractivity contribution in [3.05, 3.63) is 71.9 Å². The molecule has 0 radical (unpaired) electrons. The number of carbonyl (C=O) groups is 1. The van der Waals surface area contributed by atoms with Crippen molar-refractivity contribution in [3.63, 3.8) is 0 Å². The fourth-order valence-corrected chi connectivity index (χ4v) is 2.09. The van der Waals surface area contributed by atoms with Crippen LogP contribution in [-0.2, 0) is 0 Å². The molecule has 1 aromatic heterocycles. The molecule has 1 heterocycles. The minimum atomic E-state index is -0.354. The van der Waals surface area contributed by atoms with E-state index in [1.165, 1.54) is 0 Å². The van der Waals surface area contributed by atoms with Crippen molar-refractivity contribution >= 4 is 16.9 Å². The number of benzene rings is 2. The van der Waals surface area contributed by atoms with Gasteiger partial charge in [0.25, 0.3) is 5.52 Å². The Kier molecular flexibility index (Phi) is 3.17. The van der Waals surface area contributed by atoms with E-state index in [1.54, 1.807) is 18.2 Å². The molecule has 0 saturated heterocycles. The van der Waals surface area contributed by atoms with Gasteiger partial charge in [-0.3, -0.25) is 0 Å². The van der Waals surface area contributed by atoms with E-state index in [2.05, 4.69) is 4.98 Å². The van der Waals surface area contributed by atoms with E-state index >= 15 is 0 Å². The predicted octanol–water partition coefficient (Wildman–Crippen LogP) is 3.18. The quantitative estimate of drug-likeness (QED) is 0.527. The number of hydrogen-bond acceptors (Lipinski definition) is 2. The van der Waals surface area contributed by atoms with Gasteiger partial charge in [-0.05, 0) is 30.3 Å². The van der Waals surface area contributed by atoms with Gasteiger partial charge in [0.2, 0.25) is 5.75 Å². The Balaban J connectivity index is 1.99. The molecular weight excluding hydrogens is 250 g/mol. The number of H-pyrrole nitrogens is 1. The molecule has 0 aliphatic carbocycles. The molecule has 0 atom stereocenters. The predicted molar refractivity (Wildman–Crippen MR) is 76.6 cm³/mol. The average Bonchev–Trinajstić information content (AvgIpc) is 2.49. The van der Waals surface area contributed by atoms with Crippen LogP contribution < -0.4 is 9.72 Å². The highest BCUT2D eigenvalue weighted by molar-refractivity contribution is 5.93. The number of aromatic amines is 1. The number of hydrogen-bond donors (Lipinski definition) is 0. The van der Waals surface area contributed by atoms with E-state index in [-0.39, 0.29) is 5.97 Å². The van der Waals surface area contributed by atoms with Crippen LogP contribution in [0.1, 0.15) is 16.1 Å². The van der Waals surface area contributed by atoms with Crippen molar-refractivity contribution in [2.75, 3.05) is 0 Å². The largest absolute Gasteiger partial charge is 0.416 e. The van der Waals surface area contributed by atoms with Crippen molar-refractivity contribution in [2.24, 2.45) is 0 Å². The highest BCUT2D eigenvalue weighted by atomic mass is 16.5. The van der Waals surface area contributed by atoms with Crippen LogP contribution in [0.5, 0.6) is 5.75 Å². The van der Waals surface area contributed by atoms with Crippen LogP contribution in [0.25, 0.3) is 10.9 Å². The minimum absolute atomic E-state index is 0.354. The van der Waals surface area contributed by atoms with Gasteiger partial charge in [-0.1, -0.05) is 24.3 Å². The lowest BCUT2D eigenvalue weighted by Gasteiger charge is -2.04. The standard InChI is InChI=1S/C17H13NO2/c1-12-10-11-13-8-5-9-15(16(13)18-12)20-17(19)14-6-3-2-4-7-14/h2-11H,1H3/p+1. The second-order valence-electron chi connectivity index (χ2n) is 4.62. The second-order valence-corrected chi connectivity index (χ2v) is 4.62. The summed E-state index contributed by atoms with van der Waals surface area (Å²) in [4.78, 5) is 15.3. The molecule has 0 amide bonds. The number of para-hydroxylation sites is 1. The van der Waals surface area contributed by atoms with Crippen LogP contribution in [0.15, 0.2) is 60.7 Å². The first kappa shape index (κ1) is 12.4. The maximum atomic E-state index is 12.1. The summed E-state index contributed by atoms with van der Waals surface area (Å²) in [5.41, 5.74) is 2.38. The number of pyridine rings is 1. The number of ether oxygens (including phenoxy) is 1. The van der Waals surface area contributed by atoms with E-state index in [4.69, 9.17) is 4.74 Å². The lowest BCUT2D eigenvalue weighted by Crippen LogP contribution is -2.13. The Morgan fingerprint density at radius 2 is 1.75 bits per heavy atom. The Labute approximate surface area is 116 Å². The highest BCUT2D eigenvalue weighted by Gasteiger charge is 2.14. The average molecular weight is 264 g/mol. The van der Waals surface area contributed by atoms with Crippen molar-refractivity contribution in [1.82, 2.24) is 0 Å². The summed E-state index contributed by atoms with van der Waals surface area (Å²) in [6.45, 7) is 1.97. The third-order valence-corrected chi connectivity index (χ3v) is 3.11. The molecule has 98 valence electrons. The first-order valence-corrected chi connectivity index (χ1v) is 6.43. The Morgan fingerprint density at radius 1 is 0.950 bits per heavy atom. The number of carbonyl (C=O) groups excluding carboxylic acids is 1. The summed E-state index contributed by atoms with van der Waals surface area (Å²) >= 11 is 0. The number of esters is 1. The molecule has 0 unspecified atom stereocenters. The third-order valence-electron chi connectivity index (χ3n) is 3.11. The molecule has 0 saturated carbocycles. The maximum Gasteiger partial charge on any atom is 0.343 e. The summed E-state index contributed by atoms with van der Waals surface area (Å²) in [6.07, 6.45) is 0. The Morgan fingerprint density at radius 3 is 2.55 bits per heavy atom. The number of aromatic nitrogens is 1. The van der Waals surface area contributed by atoms with E-state index in [9.17, 15) is 4.79 Å². The number of rotatable bonds is 2. The minimum Gasteiger partial charge on any atom is -0.416 e. The van der Waals surface area contributed by atoms with Gasteiger partial charge in [-0.2, -0.15) is 0 Å². The molecule has 0 aliphatic rings. The summed E-state index contributed by atoms with van der Waals surface area (Å²) < 4.78 is 5.50. The fraction of sp³-hybridized carbons (Fsp3) is 0.0588. The summed E-state index contributed by atoms with van der Waals surface area (Å²) in [5, 5.41) is 1.01. The zero-order valence-electron chi connectivity index (χ0n) is 11.1. The summed E-state index contributed by atoms with van der Waals surface area (Å²) in [6, 6.07) is 18.6. The molecular formula is C17H14NO2+. The Hall–Kier alpha value is -2.68. The van der Waals surface area contributed by atoms with Gasteiger partial charge >= 0.3 is 5.97 Å². The molecule has 0 bridgehead atoms. The van der Waals surface area contributed by atoms with E-state index in [0.29, 0.717) is 11.3 Å². The smallest absolute Gasteiger partial charge is 0.343 e. The second kappa shape index (κ2) is 5.13. The molecule has 3 aromatic rings. The van der Waals surface area contributed by atoms with Gasteiger partial charge in [0.05, 0.1) is 10.9 Å². The van der Waals surface area contributed by atoms with Crippen molar-refractivity contribution < 1.29 is 14.5 Å². The first-order valence-electron chi connectivity index (χ1n) is 6.43. The number of fused-ring (bicyclic) bond motifs is 1. The molecule has 3 heteroatoms. The van der Waals surface area contributed by atoms with Crippen molar-refractivity contribution in [1.29, 1.82) is 0 Å². The monoisotopic (exact) mass is 264 g/mol. The normalized spacial score (nSPS) is 10.4. The molecule has 2 aromatic carbocycles. The maximum absolute atomic E-state index is 12.1. The van der Waals surface area contributed by atoms with Crippen LogP contribution in [0, 0.1) is 6.92 Å². The van der Waals surface area contributed by atoms with Gasteiger partial charge in [0.15, 0.2) is 5.69 Å². The molecule has 3 rings (SSSR count). The summed E-state index contributed by atoms with van der Waals surface area (Å²) in [5.74, 6) is 0.188. The van der Waals surface area contributed by atoms with E-state index in [1.807, 2.05) is 49.4 Å². The van der Waals surface area contributed by atoms with Crippen LogP contribution >= 0.6 is 0 Å². The van der Waals surface area contributed by atoms with Crippen molar-refractivity contribution in [3.8, 4) is 5.75 Å². The van der Waals surface area contributed by atoms with Crippen molar-refractivity contribution in [2.45, 2.75) is 6.92 Å². The lowest BCUT2D eigenvalue weighted by atomic mass is 10.2. The lowest BCUT2D eigenvalue weighted by molar-refractivity contribution is -0.355. The van der Waals surface area contributed by atoms with Gasteiger partial charge in [-0.15, -0.1) is 0 Å². The van der Waals surface area contributed by atoms with Gasteiger partial charge in [0.1, 0.15) is 0 Å². The Bertz CT molecular complexity index is 766. The number of aryl methyl sites for hydroxylation is 1. The van der Waals surface area contributed by atoms with E-state index < -0.39 is 0 Å². The highest BCUT2D eigenvalue weighted by Crippen LogP contribution is 2.22. The zero-order valence-corrected chi connectivity index (χ0v) is 11.1. The van der Waals surface area contributed by atoms with E-state index in [0.717, 1.165) is 16.6 Å². The van der Waals surface area contributed by atoms with Crippen LogP contribution in [-0.4, -0.2) is 5.97 Å². The zero-order chi connectivity index (χ0) is 13.9. The fourth-order valence-electron chi connectivity index (χ4n) is 2.09. The SMILES string of the molecule is Cc1ccc2cccc(OC(=O)c3ccccc3)c2[nH+]1. The molecule has 20 heavy (non-hydrogen) atoms. The molecule has 0 fully saturated rings. The van der Waals surface area contributed by atoms with Crippen LogP contribution in [0.4, 0.5) is 0 Å². The molecule has 1 N–H and O–H groups in total. The topological polar surface area (TPSA) is 40.4 Å². The van der Waals surface area contributed by atoms with Crippen LogP contribution in [0.3, 0.4) is 0 Å². The summed E-state index contributed by atoms with van der Waals surface area (Å²) in [7, 11) is 0. The van der Waals surface area contributed by atoms with Gasteiger partial charge in [0, 0.05) is 13.0 Å². The third kappa shape index (κ3) is 2.38. The molecule has 0 aliphatic heterocycles. The first-order chi connectivity index (χ1) is 9.74. The number of nitrogens with one attached hydrogen (secondary N) is 1. The van der Waals surface area contributed by atoms with Gasteiger partial charge in [-0.25, -0.2) is 9.78 Å². The molecule has 0 spiro atoms. The molecule has 3 nitrogen and oxygen atoms in total. The van der Waals surface area contributed by atoms with Gasteiger partial charge < -0.3 is 4.74 Å². The van der Waals surface area contributed by atoms with Crippen LogP contribution in [0.2, 0.25) is 0 Å².